The van der Waals surface area contributed by atoms with Gasteiger partial charge >= 0.3 is 0 Å². The molecule has 0 aliphatic heterocycles. The van der Waals surface area contributed by atoms with Crippen molar-refractivity contribution in [3.63, 3.8) is 0 Å². The van der Waals surface area contributed by atoms with Crippen LogP contribution in [-0.4, -0.2) is 24.4 Å². The lowest BCUT2D eigenvalue weighted by Crippen LogP contribution is -2.14. The van der Waals surface area contributed by atoms with Crippen molar-refractivity contribution in [2.75, 3.05) is 13.2 Å². The summed E-state index contributed by atoms with van der Waals surface area (Å²) in [6.45, 7) is 7.95. The molecule has 0 aliphatic rings. The number of rotatable bonds is 7. The molecule has 1 atom stereocenters. The summed E-state index contributed by atoms with van der Waals surface area (Å²) >= 11 is 0. The first-order chi connectivity index (χ1) is 5.31. The van der Waals surface area contributed by atoms with Crippen molar-refractivity contribution in [2.45, 2.75) is 18.9 Å². The largest absolute Gasteiger partial charge is 0.391 e. The highest BCUT2D eigenvalue weighted by atomic mass is 16.5. The molecule has 11 heavy (non-hydrogen) atoms. The molecular formula is C9H16O2. The van der Waals surface area contributed by atoms with Crippen molar-refractivity contribution in [3.05, 3.63) is 25.3 Å². The Bertz CT molecular complexity index is 110. The van der Waals surface area contributed by atoms with Crippen molar-refractivity contribution in [1.82, 2.24) is 0 Å². The summed E-state index contributed by atoms with van der Waals surface area (Å²) in [6, 6.07) is 0. The quantitative estimate of drug-likeness (QED) is 0.447. The van der Waals surface area contributed by atoms with E-state index in [9.17, 15) is 5.11 Å². The van der Waals surface area contributed by atoms with E-state index in [2.05, 4.69) is 13.2 Å². The molecule has 0 aromatic heterocycles. The van der Waals surface area contributed by atoms with Gasteiger partial charge in [-0.25, -0.2) is 0 Å². The standard InChI is InChI=1S/C9H16O2/c1-3-5-6-9(10)8-11-7-4-2/h3-4,9-10H,1-2,5-8H2. The molecular weight excluding hydrogens is 140 g/mol. The fraction of sp³-hybridized carbons (Fsp3) is 0.556. The molecule has 0 saturated heterocycles. The van der Waals surface area contributed by atoms with E-state index in [0.29, 0.717) is 13.2 Å². The lowest BCUT2D eigenvalue weighted by Gasteiger charge is -2.07. The number of hydrogen-bond donors (Lipinski definition) is 1. The maximum Gasteiger partial charge on any atom is 0.0776 e. The maximum absolute atomic E-state index is 9.20. The molecule has 0 aromatic carbocycles. The van der Waals surface area contributed by atoms with Crippen LogP contribution in [0.2, 0.25) is 0 Å². The molecule has 2 nitrogen and oxygen atoms in total. The summed E-state index contributed by atoms with van der Waals surface area (Å²) in [5.74, 6) is 0. The van der Waals surface area contributed by atoms with E-state index in [0.717, 1.165) is 12.8 Å². The monoisotopic (exact) mass is 156 g/mol. The van der Waals surface area contributed by atoms with Gasteiger partial charge in [0.2, 0.25) is 0 Å². The number of aliphatic hydroxyl groups excluding tert-OH is 1. The summed E-state index contributed by atoms with van der Waals surface area (Å²) in [6.07, 6.45) is 4.64. The van der Waals surface area contributed by atoms with Crippen molar-refractivity contribution < 1.29 is 9.84 Å². The van der Waals surface area contributed by atoms with Gasteiger partial charge in [-0.15, -0.1) is 13.2 Å². The van der Waals surface area contributed by atoms with Crippen molar-refractivity contribution in [1.29, 1.82) is 0 Å². The van der Waals surface area contributed by atoms with E-state index in [4.69, 9.17) is 4.74 Å². The van der Waals surface area contributed by atoms with Crippen LogP contribution in [0.3, 0.4) is 0 Å². The number of allylic oxidation sites excluding steroid dienone is 1. The first-order valence-corrected chi connectivity index (χ1v) is 3.79. The summed E-state index contributed by atoms with van der Waals surface area (Å²) in [5, 5.41) is 9.20. The third kappa shape index (κ3) is 7.30. The summed E-state index contributed by atoms with van der Waals surface area (Å²) in [5.41, 5.74) is 0. The Kier molecular flexibility index (Phi) is 7.10. The Morgan fingerprint density at radius 1 is 1.36 bits per heavy atom. The van der Waals surface area contributed by atoms with Gasteiger partial charge < -0.3 is 9.84 Å². The number of hydrogen-bond acceptors (Lipinski definition) is 2. The molecule has 0 heterocycles. The normalized spacial score (nSPS) is 12.5. The van der Waals surface area contributed by atoms with Crippen LogP contribution >= 0.6 is 0 Å². The second-order valence-electron chi connectivity index (χ2n) is 2.35. The molecule has 1 unspecified atom stereocenters. The predicted octanol–water partition coefficient (Wildman–Crippen LogP) is 1.52. The highest BCUT2D eigenvalue weighted by molar-refractivity contribution is 4.69. The van der Waals surface area contributed by atoms with Crippen LogP contribution in [0, 0.1) is 0 Å². The van der Waals surface area contributed by atoms with Gasteiger partial charge in [-0.2, -0.15) is 0 Å². The molecule has 2 heteroatoms. The molecule has 0 aliphatic carbocycles. The van der Waals surface area contributed by atoms with Crippen LogP contribution in [0.5, 0.6) is 0 Å². The molecule has 0 spiro atoms. The smallest absolute Gasteiger partial charge is 0.0776 e. The first kappa shape index (κ1) is 10.4. The van der Waals surface area contributed by atoms with E-state index in [-0.39, 0.29) is 6.10 Å². The highest BCUT2D eigenvalue weighted by Gasteiger charge is 2.00. The van der Waals surface area contributed by atoms with E-state index in [1.165, 1.54) is 0 Å². The summed E-state index contributed by atoms with van der Waals surface area (Å²) in [4.78, 5) is 0. The summed E-state index contributed by atoms with van der Waals surface area (Å²) < 4.78 is 5.04. The van der Waals surface area contributed by atoms with Crippen molar-refractivity contribution >= 4 is 0 Å². The predicted molar refractivity (Wildman–Crippen MR) is 46.5 cm³/mol. The average Bonchev–Trinajstić information content (AvgIpc) is 2.01. The molecule has 0 bridgehead atoms. The third-order valence-electron chi connectivity index (χ3n) is 1.25. The summed E-state index contributed by atoms with van der Waals surface area (Å²) in [7, 11) is 0. The van der Waals surface area contributed by atoms with Gasteiger partial charge in [-0.05, 0) is 12.8 Å². The van der Waals surface area contributed by atoms with E-state index < -0.39 is 0 Å². The van der Waals surface area contributed by atoms with Crippen LogP contribution in [0.1, 0.15) is 12.8 Å². The Morgan fingerprint density at radius 2 is 2.09 bits per heavy atom. The number of ether oxygens (including phenoxy) is 1. The zero-order valence-corrected chi connectivity index (χ0v) is 6.83. The third-order valence-corrected chi connectivity index (χ3v) is 1.25. The maximum atomic E-state index is 9.20. The Labute approximate surface area is 68.2 Å². The van der Waals surface area contributed by atoms with E-state index in [1.54, 1.807) is 12.2 Å². The molecule has 1 N–H and O–H groups in total. The fourth-order valence-electron chi connectivity index (χ4n) is 0.681. The van der Waals surface area contributed by atoms with Crippen LogP contribution < -0.4 is 0 Å². The van der Waals surface area contributed by atoms with Gasteiger partial charge in [0.05, 0.1) is 19.3 Å². The van der Waals surface area contributed by atoms with Crippen LogP contribution in [0.15, 0.2) is 25.3 Å². The van der Waals surface area contributed by atoms with Gasteiger partial charge in [0.1, 0.15) is 0 Å². The zero-order valence-electron chi connectivity index (χ0n) is 6.83. The molecule has 64 valence electrons. The second kappa shape index (κ2) is 7.51. The zero-order chi connectivity index (χ0) is 8.53. The fourth-order valence-corrected chi connectivity index (χ4v) is 0.681. The van der Waals surface area contributed by atoms with Crippen molar-refractivity contribution in [3.8, 4) is 0 Å². The van der Waals surface area contributed by atoms with Crippen LogP contribution in [-0.2, 0) is 4.74 Å². The van der Waals surface area contributed by atoms with Gasteiger partial charge in [0, 0.05) is 0 Å². The topological polar surface area (TPSA) is 29.5 Å². The van der Waals surface area contributed by atoms with Gasteiger partial charge in [0.15, 0.2) is 0 Å². The SMILES string of the molecule is C=CCCC(O)COCC=C. The minimum Gasteiger partial charge on any atom is -0.391 e. The van der Waals surface area contributed by atoms with E-state index >= 15 is 0 Å². The van der Waals surface area contributed by atoms with Gasteiger partial charge in [-0.1, -0.05) is 12.2 Å². The van der Waals surface area contributed by atoms with Crippen LogP contribution in [0.4, 0.5) is 0 Å². The second-order valence-corrected chi connectivity index (χ2v) is 2.35. The van der Waals surface area contributed by atoms with Gasteiger partial charge in [0.25, 0.3) is 0 Å². The lowest BCUT2D eigenvalue weighted by molar-refractivity contribution is 0.0452. The highest BCUT2D eigenvalue weighted by Crippen LogP contribution is 1.97. The molecule has 0 radical (unpaired) electrons. The van der Waals surface area contributed by atoms with Crippen LogP contribution in [0.25, 0.3) is 0 Å². The van der Waals surface area contributed by atoms with Crippen molar-refractivity contribution in [2.24, 2.45) is 0 Å². The minimum absolute atomic E-state index is 0.368. The number of aliphatic hydroxyl groups is 1. The molecule has 0 amide bonds. The molecule has 0 aromatic rings. The Morgan fingerprint density at radius 3 is 2.64 bits per heavy atom. The van der Waals surface area contributed by atoms with Gasteiger partial charge in [-0.3, -0.25) is 0 Å². The average molecular weight is 156 g/mol. The Hall–Kier alpha value is -0.600. The van der Waals surface area contributed by atoms with E-state index in [1.807, 2.05) is 0 Å². The lowest BCUT2D eigenvalue weighted by atomic mass is 10.2. The molecule has 0 fully saturated rings. The Balaban J connectivity index is 3.14. The molecule has 0 rings (SSSR count). The minimum atomic E-state index is -0.368. The first-order valence-electron chi connectivity index (χ1n) is 3.79. The molecule has 0 saturated carbocycles.